The summed E-state index contributed by atoms with van der Waals surface area (Å²) in [7, 11) is 0. The van der Waals surface area contributed by atoms with Gasteiger partial charge in [0.25, 0.3) is 0 Å². The van der Waals surface area contributed by atoms with E-state index in [2.05, 4.69) is 4.98 Å². The average Bonchev–Trinajstić information content (AvgIpc) is 2.62. The van der Waals surface area contributed by atoms with Gasteiger partial charge in [-0.2, -0.15) is 0 Å². The van der Waals surface area contributed by atoms with E-state index in [9.17, 15) is 15.0 Å². The number of carbonyl (C=O) groups excluding carboxylic acids is 1. The van der Waals surface area contributed by atoms with Crippen LogP contribution >= 0.6 is 0 Å². The normalized spacial score (nSPS) is 10.1. The van der Waals surface area contributed by atoms with Crippen LogP contribution < -0.4 is 4.84 Å². The largest absolute Gasteiger partial charge is 0.492 e. The number of carbonyl (C=O) groups is 1. The van der Waals surface area contributed by atoms with E-state index in [-0.39, 0.29) is 18.2 Å². The lowest BCUT2D eigenvalue weighted by Crippen LogP contribution is -2.21. The van der Waals surface area contributed by atoms with Crippen molar-refractivity contribution in [1.29, 1.82) is 0 Å². The summed E-state index contributed by atoms with van der Waals surface area (Å²) in [4.78, 5) is 20.2. The van der Waals surface area contributed by atoms with E-state index < -0.39 is 5.97 Å². The van der Waals surface area contributed by atoms with Crippen molar-refractivity contribution in [2.75, 3.05) is 0 Å². The second kappa shape index (κ2) is 4.56. The zero-order chi connectivity index (χ0) is 12.3. The van der Waals surface area contributed by atoms with Crippen LogP contribution in [0.3, 0.4) is 0 Å². The minimum Gasteiger partial charge on any atom is -0.492 e. The molecule has 2 N–H and O–H groups in total. The van der Waals surface area contributed by atoms with Gasteiger partial charge < -0.3 is 15.1 Å². The Morgan fingerprint density at radius 2 is 1.94 bits per heavy atom. The topological polar surface area (TPSA) is 84.6 Å². The van der Waals surface area contributed by atoms with Gasteiger partial charge >= 0.3 is 5.97 Å². The third-order valence-electron chi connectivity index (χ3n) is 2.04. The minimum absolute atomic E-state index is 0.0437. The fraction of sp³-hybridized carbons (Fsp3) is 0.0909. The van der Waals surface area contributed by atoms with Crippen LogP contribution in [-0.2, 0) is 11.2 Å². The van der Waals surface area contributed by atoms with Gasteiger partial charge in [0, 0.05) is 18.3 Å². The summed E-state index contributed by atoms with van der Waals surface area (Å²) in [5.74, 6) is -1.33. The van der Waals surface area contributed by atoms with E-state index in [0.717, 1.165) is 0 Å². The van der Waals surface area contributed by atoms with Crippen LogP contribution in [0.4, 0.5) is 0 Å². The summed E-state index contributed by atoms with van der Waals surface area (Å²) in [6, 6.07) is 7.59. The van der Waals surface area contributed by atoms with Crippen LogP contribution in [0.2, 0.25) is 0 Å². The van der Waals surface area contributed by atoms with E-state index in [0.29, 0.717) is 10.4 Å². The van der Waals surface area contributed by atoms with Crippen LogP contribution in [0, 0.1) is 0 Å². The number of rotatable bonds is 3. The van der Waals surface area contributed by atoms with Crippen molar-refractivity contribution in [3.8, 4) is 11.8 Å². The molecule has 0 fully saturated rings. The number of aromatic hydroxyl groups is 2. The van der Waals surface area contributed by atoms with Crippen LogP contribution in [0.25, 0.3) is 0 Å². The van der Waals surface area contributed by atoms with Crippen molar-refractivity contribution in [2.24, 2.45) is 0 Å². The molecular formula is C11H10N2O4. The summed E-state index contributed by atoms with van der Waals surface area (Å²) in [5, 5.41) is 18.5. The minimum atomic E-state index is -0.634. The smallest absolute Gasteiger partial charge is 0.339 e. The highest BCUT2D eigenvalue weighted by molar-refractivity contribution is 5.72. The number of aromatic nitrogens is 2. The Hall–Kier alpha value is -2.50. The molecule has 0 bridgehead atoms. The Labute approximate surface area is 96.7 Å². The summed E-state index contributed by atoms with van der Waals surface area (Å²) in [6.45, 7) is 0. The summed E-state index contributed by atoms with van der Waals surface area (Å²) < 4.78 is 0.644. The average molecular weight is 234 g/mol. The molecule has 2 heterocycles. The van der Waals surface area contributed by atoms with E-state index in [1.54, 1.807) is 24.4 Å². The molecule has 2 aromatic rings. The van der Waals surface area contributed by atoms with Crippen molar-refractivity contribution >= 4 is 5.97 Å². The van der Waals surface area contributed by atoms with Gasteiger partial charge in [0.2, 0.25) is 11.8 Å². The first-order chi connectivity index (χ1) is 8.16. The van der Waals surface area contributed by atoms with Gasteiger partial charge in [0.1, 0.15) is 0 Å². The highest BCUT2D eigenvalue weighted by Crippen LogP contribution is 2.18. The maximum atomic E-state index is 11.5. The zero-order valence-corrected chi connectivity index (χ0v) is 8.78. The Bertz CT molecular complexity index is 502. The molecule has 0 aliphatic rings. The maximum Gasteiger partial charge on any atom is 0.339 e. The van der Waals surface area contributed by atoms with Crippen molar-refractivity contribution in [3.05, 3.63) is 42.2 Å². The van der Waals surface area contributed by atoms with Gasteiger partial charge in [-0.25, -0.2) is 4.79 Å². The van der Waals surface area contributed by atoms with Crippen LogP contribution in [0.5, 0.6) is 11.8 Å². The molecule has 88 valence electrons. The molecule has 0 saturated carbocycles. The van der Waals surface area contributed by atoms with Gasteiger partial charge in [-0.3, -0.25) is 4.98 Å². The molecular weight excluding hydrogens is 224 g/mol. The number of nitrogens with zero attached hydrogens (tertiary/aromatic N) is 2. The van der Waals surface area contributed by atoms with Crippen LogP contribution in [0.15, 0.2) is 36.5 Å². The van der Waals surface area contributed by atoms with Gasteiger partial charge in [-0.1, -0.05) is 6.07 Å². The molecule has 2 rings (SSSR count). The predicted octanol–water partition coefficient (Wildman–Crippen LogP) is 0.492. The van der Waals surface area contributed by atoms with Crippen molar-refractivity contribution < 1.29 is 19.8 Å². The predicted molar refractivity (Wildman–Crippen MR) is 57.3 cm³/mol. The highest BCUT2D eigenvalue weighted by Gasteiger charge is 2.12. The molecule has 17 heavy (non-hydrogen) atoms. The lowest BCUT2D eigenvalue weighted by molar-refractivity contribution is -0.144. The van der Waals surface area contributed by atoms with E-state index in [1.165, 1.54) is 12.1 Å². The Morgan fingerprint density at radius 1 is 1.24 bits per heavy atom. The molecule has 0 amide bonds. The second-order valence-corrected chi connectivity index (χ2v) is 3.31. The van der Waals surface area contributed by atoms with Crippen molar-refractivity contribution in [2.45, 2.75) is 6.42 Å². The van der Waals surface area contributed by atoms with Crippen LogP contribution in [-0.4, -0.2) is 25.9 Å². The number of hydrogen-bond donors (Lipinski definition) is 2. The molecule has 0 aromatic carbocycles. The van der Waals surface area contributed by atoms with Gasteiger partial charge in [-0.15, -0.1) is 4.73 Å². The van der Waals surface area contributed by atoms with Gasteiger partial charge in [0.05, 0.1) is 12.1 Å². The molecule has 0 radical (unpaired) electrons. The summed E-state index contributed by atoms with van der Waals surface area (Å²) >= 11 is 0. The Kier molecular flexibility index (Phi) is 2.95. The lowest BCUT2D eigenvalue weighted by Gasteiger charge is -2.06. The fourth-order valence-electron chi connectivity index (χ4n) is 1.28. The third-order valence-corrected chi connectivity index (χ3v) is 2.04. The quantitative estimate of drug-likeness (QED) is 0.807. The Morgan fingerprint density at radius 3 is 2.53 bits per heavy atom. The van der Waals surface area contributed by atoms with E-state index >= 15 is 0 Å². The highest BCUT2D eigenvalue weighted by atomic mass is 16.7. The standard InChI is InChI=1S/C11H10N2O4/c14-9-4-5-10(15)13(9)17-11(16)7-8-3-1-2-6-12-8/h1-6,14-15H,7H2. The molecule has 0 atom stereocenters. The SMILES string of the molecule is O=C(Cc1ccccn1)On1c(O)ccc1O. The first-order valence-electron chi connectivity index (χ1n) is 4.87. The van der Waals surface area contributed by atoms with Crippen LogP contribution in [0.1, 0.15) is 5.69 Å². The second-order valence-electron chi connectivity index (χ2n) is 3.31. The molecule has 0 aliphatic carbocycles. The number of hydrogen-bond acceptors (Lipinski definition) is 5. The molecule has 2 aromatic heterocycles. The monoisotopic (exact) mass is 234 g/mol. The molecule has 0 aliphatic heterocycles. The summed E-state index contributed by atoms with van der Waals surface area (Å²) in [5.41, 5.74) is 0.545. The van der Waals surface area contributed by atoms with E-state index in [4.69, 9.17) is 4.84 Å². The van der Waals surface area contributed by atoms with Gasteiger partial charge in [0.15, 0.2) is 0 Å². The fourth-order valence-corrected chi connectivity index (χ4v) is 1.28. The van der Waals surface area contributed by atoms with Gasteiger partial charge in [-0.05, 0) is 12.1 Å². The lowest BCUT2D eigenvalue weighted by atomic mass is 10.3. The molecule has 6 heteroatoms. The van der Waals surface area contributed by atoms with Crippen molar-refractivity contribution in [3.63, 3.8) is 0 Å². The molecule has 0 unspecified atom stereocenters. The summed E-state index contributed by atoms with van der Waals surface area (Å²) in [6.07, 6.45) is 1.52. The first kappa shape index (κ1) is 11.0. The molecule has 0 saturated heterocycles. The number of pyridine rings is 1. The third kappa shape index (κ3) is 2.54. The Balaban J connectivity index is 2.03. The maximum absolute atomic E-state index is 11.5. The zero-order valence-electron chi connectivity index (χ0n) is 8.78. The molecule has 6 nitrogen and oxygen atoms in total. The first-order valence-corrected chi connectivity index (χ1v) is 4.87. The van der Waals surface area contributed by atoms with Crippen molar-refractivity contribution in [1.82, 2.24) is 9.71 Å². The molecule has 0 spiro atoms. The van der Waals surface area contributed by atoms with E-state index in [1.807, 2.05) is 0 Å².